The van der Waals surface area contributed by atoms with E-state index in [0.29, 0.717) is 5.56 Å². The summed E-state index contributed by atoms with van der Waals surface area (Å²) in [5.41, 5.74) is 2.92. The monoisotopic (exact) mass is 367 g/mol. The molecule has 0 radical (unpaired) electrons. The minimum Gasteiger partial charge on any atom is -0.508 e. The molecule has 0 heterocycles. The first-order chi connectivity index (χ1) is 8.97. The van der Waals surface area contributed by atoms with Crippen molar-refractivity contribution in [2.45, 2.75) is 13.8 Å². The summed E-state index contributed by atoms with van der Waals surface area (Å²) in [7, 11) is 0. The summed E-state index contributed by atoms with van der Waals surface area (Å²) >= 11 is 2.17. The number of hydrogen-bond donors (Lipinski definition) is 2. The van der Waals surface area contributed by atoms with Gasteiger partial charge in [-0.2, -0.15) is 0 Å². The van der Waals surface area contributed by atoms with Crippen LogP contribution in [0.1, 0.15) is 21.5 Å². The SMILES string of the molecule is Cc1cc(NC(=O)c2cccc(I)c2)c(C)cc1O. The number of carbonyl (C=O) groups excluding carboxylic acids is 1. The number of hydrogen-bond acceptors (Lipinski definition) is 2. The predicted octanol–water partition coefficient (Wildman–Crippen LogP) is 3.87. The highest BCUT2D eigenvalue weighted by Crippen LogP contribution is 2.25. The van der Waals surface area contributed by atoms with Crippen LogP contribution in [0.15, 0.2) is 36.4 Å². The normalized spacial score (nSPS) is 10.3. The van der Waals surface area contributed by atoms with Gasteiger partial charge in [-0.15, -0.1) is 0 Å². The number of benzene rings is 2. The summed E-state index contributed by atoms with van der Waals surface area (Å²) in [6.45, 7) is 3.65. The molecule has 0 unspecified atom stereocenters. The minimum absolute atomic E-state index is 0.147. The summed E-state index contributed by atoms with van der Waals surface area (Å²) in [5.74, 6) is 0.0939. The van der Waals surface area contributed by atoms with Gasteiger partial charge in [0.25, 0.3) is 5.91 Å². The first-order valence-corrected chi connectivity index (χ1v) is 6.92. The summed E-state index contributed by atoms with van der Waals surface area (Å²) in [5, 5.41) is 12.5. The molecule has 0 atom stereocenters. The molecule has 1 amide bonds. The maximum Gasteiger partial charge on any atom is 0.255 e. The van der Waals surface area contributed by atoms with E-state index < -0.39 is 0 Å². The fraction of sp³-hybridized carbons (Fsp3) is 0.133. The standard InChI is InChI=1S/C15H14INO2/c1-9-7-14(18)10(2)6-13(9)17-15(19)11-4-3-5-12(16)8-11/h3-8,18H,1-2H3,(H,17,19). The molecule has 4 heteroatoms. The molecule has 0 spiro atoms. The van der Waals surface area contributed by atoms with Crippen LogP contribution in [-0.2, 0) is 0 Å². The molecule has 2 aromatic carbocycles. The number of rotatable bonds is 2. The van der Waals surface area contributed by atoms with Crippen molar-refractivity contribution in [2.24, 2.45) is 0 Å². The lowest BCUT2D eigenvalue weighted by Crippen LogP contribution is -2.13. The second-order valence-electron chi connectivity index (χ2n) is 4.42. The van der Waals surface area contributed by atoms with Crippen LogP contribution in [0.5, 0.6) is 5.75 Å². The Morgan fingerprint density at radius 2 is 1.89 bits per heavy atom. The lowest BCUT2D eigenvalue weighted by atomic mass is 10.1. The molecule has 2 rings (SSSR count). The van der Waals surface area contributed by atoms with E-state index in [0.717, 1.165) is 20.4 Å². The second kappa shape index (κ2) is 5.61. The van der Waals surface area contributed by atoms with E-state index in [1.54, 1.807) is 25.1 Å². The molecular formula is C15H14INO2. The van der Waals surface area contributed by atoms with Crippen molar-refractivity contribution in [1.29, 1.82) is 0 Å². The number of phenols is 1. The van der Waals surface area contributed by atoms with E-state index >= 15 is 0 Å². The number of aromatic hydroxyl groups is 1. The summed E-state index contributed by atoms with van der Waals surface area (Å²) < 4.78 is 1.02. The number of aryl methyl sites for hydroxylation is 2. The van der Waals surface area contributed by atoms with Gasteiger partial charge in [0.05, 0.1) is 0 Å². The zero-order valence-corrected chi connectivity index (χ0v) is 12.9. The number of nitrogens with one attached hydrogen (secondary N) is 1. The van der Waals surface area contributed by atoms with Gasteiger partial charge in [0, 0.05) is 14.8 Å². The smallest absolute Gasteiger partial charge is 0.255 e. The molecule has 2 aromatic rings. The zero-order chi connectivity index (χ0) is 14.0. The van der Waals surface area contributed by atoms with Crippen LogP contribution in [0.2, 0.25) is 0 Å². The average Bonchev–Trinajstić information content (AvgIpc) is 2.36. The van der Waals surface area contributed by atoms with Crippen molar-refractivity contribution in [3.05, 3.63) is 56.7 Å². The fourth-order valence-corrected chi connectivity index (χ4v) is 2.30. The molecule has 0 aliphatic rings. The van der Waals surface area contributed by atoms with Crippen molar-refractivity contribution >= 4 is 34.2 Å². The van der Waals surface area contributed by atoms with E-state index in [9.17, 15) is 9.90 Å². The van der Waals surface area contributed by atoms with Crippen molar-refractivity contribution < 1.29 is 9.90 Å². The van der Waals surface area contributed by atoms with Gasteiger partial charge in [-0.1, -0.05) is 6.07 Å². The highest BCUT2D eigenvalue weighted by atomic mass is 127. The second-order valence-corrected chi connectivity index (χ2v) is 5.66. The number of phenolic OH excluding ortho intramolecular Hbond substituents is 1. The highest BCUT2D eigenvalue weighted by Gasteiger charge is 2.09. The molecule has 0 fully saturated rings. The third-order valence-corrected chi connectivity index (χ3v) is 3.55. The summed E-state index contributed by atoms with van der Waals surface area (Å²) in [6, 6.07) is 10.8. The van der Waals surface area contributed by atoms with Gasteiger partial charge in [0.1, 0.15) is 5.75 Å². The van der Waals surface area contributed by atoms with E-state index in [-0.39, 0.29) is 11.7 Å². The summed E-state index contributed by atoms with van der Waals surface area (Å²) in [4.78, 5) is 12.1. The molecule has 19 heavy (non-hydrogen) atoms. The minimum atomic E-state index is -0.147. The largest absolute Gasteiger partial charge is 0.508 e. The number of amides is 1. The van der Waals surface area contributed by atoms with E-state index in [1.807, 2.05) is 25.1 Å². The topological polar surface area (TPSA) is 49.3 Å². The molecule has 0 saturated carbocycles. The molecular weight excluding hydrogens is 353 g/mol. The van der Waals surface area contributed by atoms with E-state index in [1.165, 1.54) is 0 Å². The van der Waals surface area contributed by atoms with Crippen LogP contribution in [0.4, 0.5) is 5.69 Å². The van der Waals surface area contributed by atoms with E-state index in [2.05, 4.69) is 27.9 Å². The molecule has 0 aliphatic carbocycles. The third kappa shape index (κ3) is 3.26. The maximum atomic E-state index is 12.1. The maximum absolute atomic E-state index is 12.1. The Labute approximate surface area is 125 Å². The predicted molar refractivity (Wildman–Crippen MR) is 84.7 cm³/mol. The highest BCUT2D eigenvalue weighted by molar-refractivity contribution is 14.1. The molecule has 2 N–H and O–H groups in total. The first-order valence-electron chi connectivity index (χ1n) is 5.84. The molecule has 98 valence electrons. The van der Waals surface area contributed by atoms with Crippen molar-refractivity contribution in [1.82, 2.24) is 0 Å². The van der Waals surface area contributed by atoms with E-state index in [4.69, 9.17) is 0 Å². The van der Waals surface area contributed by atoms with Gasteiger partial charge < -0.3 is 10.4 Å². The first kappa shape index (κ1) is 13.9. The van der Waals surface area contributed by atoms with Crippen LogP contribution in [0.25, 0.3) is 0 Å². The Balaban J connectivity index is 2.27. The zero-order valence-electron chi connectivity index (χ0n) is 10.7. The van der Waals surface area contributed by atoms with Gasteiger partial charge in [0.15, 0.2) is 0 Å². The van der Waals surface area contributed by atoms with Crippen LogP contribution in [0, 0.1) is 17.4 Å². The van der Waals surface area contributed by atoms with Crippen LogP contribution in [-0.4, -0.2) is 11.0 Å². The Morgan fingerprint density at radius 1 is 1.16 bits per heavy atom. The van der Waals surface area contributed by atoms with Gasteiger partial charge >= 0.3 is 0 Å². The number of anilines is 1. The van der Waals surface area contributed by atoms with Gasteiger partial charge in [-0.25, -0.2) is 0 Å². The fourth-order valence-electron chi connectivity index (χ4n) is 1.76. The van der Waals surface area contributed by atoms with Gasteiger partial charge in [0.2, 0.25) is 0 Å². The molecule has 0 aromatic heterocycles. The molecule has 3 nitrogen and oxygen atoms in total. The van der Waals surface area contributed by atoms with Crippen molar-refractivity contribution in [3.8, 4) is 5.75 Å². The quantitative estimate of drug-likeness (QED) is 0.626. The third-order valence-electron chi connectivity index (χ3n) is 2.88. The Hall–Kier alpha value is -1.56. The number of halogens is 1. The molecule has 0 saturated heterocycles. The average molecular weight is 367 g/mol. The molecule has 0 bridgehead atoms. The lowest BCUT2D eigenvalue weighted by Gasteiger charge is -2.11. The number of carbonyl (C=O) groups is 1. The summed E-state index contributed by atoms with van der Waals surface area (Å²) in [6.07, 6.45) is 0. The Bertz CT molecular complexity index is 638. The Morgan fingerprint density at radius 3 is 2.58 bits per heavy atom. The van der Waals surface area contributed by atoms with Gasteiger partial charge in [-0.3, -0.25) is 4.79 Å². The van der Waals surface area contributed by atoms with Crippen molar-refractivity contribution in [2.75, 3.05) is 5.32 Å². The van der Waals surface area contributed by atoms with Crippen LogP contribution in [0.3, 0.4) is 0 Å². The van der Waals surface area contributed by atoms with Gasteiger partial charge in [-0.05, 0) is 77.9 Å². The van der Waals surface area contributed by atoms with Crippen LogP contribution >= 0.6 is 22.6 Å². The Kier molecular flexibility index (Phi) is 4.09. The van der Waals surface area contributed by atoms with Crippen molar-refractivity contribution in [3.63, 3.8) is 0 Å². The lowest BCUT2D eigenvalue weighted by molar-refractivity contribution is 0.102. The molecule has 0 aliphatic heterocycles. The van der Waals surface area contributed by atoms with Crippen LogP contribution < -0.4 is 5.32 Å².